The number of nitrogens with one attached hydrogen (secondary N) is 1. The lowest BCUT2D eigenvalue weighted by Gasteiger charge is -2.17. The first-order valence-corrected chi connectivity index (χ1v) is 7.00. The van der Waals surface area contributed by atoms with Gasteiger partial charge in [0.2, 0.25) is 6.79 Å². The second-order valence-corrected chi connectivity index (χ2v) is 5.45. The van der Waals surface area contributed by atoms with Crippen LogP contribution in [0.1, 0.15) is 18.5 Å². The summed E-state index contributed by atoms with van der Waals surface area (Å²) in [5.41, 5.74) is 1.90. The number of halogens is 2. The van der Waals surface area contributed by atoms with Gasteiger partial charge in [-0.2, -0.15) is 0 Å². The van der Waals surface area contributed by atoms with Crippen molar-refractivity contribution in [1.82, 2.24) is 0 Å². The number of hydrogen-bond donors (Lipinski definition) is 1. The molecule has 104 valence electrons. The van der Waals surface area contributed by atoms with E-state index in [0.717, 1.165) is 22.7 Å². The summed E-state index contributed by atoms with van der Waals surface area (Å²) < 4.78 is 10.7. The highest BCUT2D eigenvalue weighted by atomic mass is 35.5. The average Bonchev–Trinajstić information content (AvgIpc) is 2.90. The van der Waals surface area contributed by atoms with Gasteiger partial charge in [0.1, 0.15) is 0 Å². The molecule has 2 aromatic carbocycles. The topological polar surface area (TPSA) is 30.5 Å². The number of rotatable bonds is 3. The fourth-order valence-corrected chi connectivity index (χ4v) is 2.45. The Kier molecular flexibility index (Phi) is 3.64. The van der Waals surface area contributed by atoms with E-state index in [-0.39, 0.29) is 12.8 Å². The summed E-state index contributed by atoms with van der Waals surface area (Å²) in [6, 6.07) is 11.3. The lowest BCUT2D eigenvalue weighted by atomic mass is 10.1. The Bertz CT molecular complexity index is 646. The Hall–Kier alpha value is -1.58. The van der Waals surface area contributed by atoms with E-state index in [4.69, 9.17) is 32.7 Å². The Morgan fingerprint density at radius 2 is 1.85 bits per heavy atom. The van der Waals surface area contributed by atoms with E-state index in [1.54, 1.807) is 12.1 Å². The van der Waals surface area contributed by atoms with Crippen LogP contribution in [-0.4, -0.2) is 6.79 Å². The van der Waals surface area contributed by atoms with E-state index < -0.39 is 0 Å². The van der Waals surface area contributed by atoms with E-state index in [2.05, 4.69) is 12.2 Å². The minimum atomic E-state index is 0.0699. The number of anilines is 1. The molecule has 0 saturated carbocycles. The van der Waals surface area contributed by atoms with Gasteiger partial charge in [-0.1, -0.05) is 29.3 Å². The van der Waals surface area contributed by atoms with Crippen molar-refractivity contribution in [3.05, 3.63) is 52.0 Å². The second kappa shape index (κ2) is 5.43. The molecule has 1 aliphatic rings. The van der Waals surface area contributed by atoms with E-state index in [1.807, 2.05) is 24.3 Å². The standard InChI is InChI=1S/C15H13Cl2NO2/c1-9(18-13-7-11(16)3-4-12(13)17)10-2-5-14-15(6-10)20-8-19-14/h2-7,9,18H,8H2,1H3. The van der Waals surface area contributed by atoms with Gasteiger partial charge in [-0.15, -0.1) is 0 Å². The molecule has 5 heteroatoms. The average molecular weight is 310 g/mol. The third-order valence-electron chi connectivity index (χ3n) is 3.20. The summed E-state index contributed by atoms with van der Waals surface area (Å²) in [4.78, 5) is 0. The van der Waals surface area contributed by atoms with Gasteiger partial charge in [0, 0.05) is 11.1 Å². The maximum atomic E-state index is 6.16. The van der Waals surface area contributed by atoms with Crippen LogP contribution in [0.4, 0.5) is 5.69 Å². The zero-order valence-corrected chi connectivity index (χ0v) is 12.3. The molecule has 2 aromatic rings. The normalized spacial score (nSPS) is 14.2. The molecular weight excluding hydrogens is 297 g/mol. The molecule has 0 spiro atoms. The molecule has 1 heterocycles. The lowest BCUT2D eigenvalue weighted by molar-refractivity contribution is 0.174. The molecule has 0 aromatic heterocycles. The van der Waals surface area contributed by atoms with Crippen molar-refractivity contribution in [2.75, 3.05) is 12.1 Å². The molecule has 1 atom stereocenters. The van der Waals surface area contributed by atoms with Gasteiger partial charge in [0.05, 0.1) is 10.7 Å². The zero-order valence-electron chi connectivity index (χ0n) is 10.8. The van der Waals surface area contributed by atoms with Gasteiger partial charge < -0.3 is 14.8 Å². The smallest absolute Gasteiger partial charge is 0.231 e. The van der Waals surface area contributed by atoms with Crippen LogP contribution in [0.3, 0.4) is 0 Å². The van der Waals surface area contributed by atoms with Crippen molar-refractivity contribution in [3.8, 4) is 11.5 Å². The quantitative estimate of drug-likeness (QED) is 0.875. The van der Waals surface area contributed by atoms with Crippen LogP contribution in [0, 0.1) is 0 Å². The summed E-state index contributed by atoms with van der Waals surface area (Å²) in [6.07, 6.45) is 0. The van der Waals surface area contributed by atoms with Crippen molar-refractivity contribution in [2.45, 2.75) is 13.0 Å². The number of fused-ring (bicyclic) bond motifs is 1. The third-order valence-corrected chi connectivity index (χ3v) is 3.76. The van der Waals surface area contributed by atoms with Crippen LogP contribution in [0.5, 0.6) is 11.5 Å². The van der Waals surface area contributed by atoms with Crippen LogP contribution >= 0.6 is 23.2 Å². The first kappa shape index (κ1) is 13.4. The molecule has 0 radical (unpaired) electrons. The summed E-state index contributed by atoms with van der Waals surface area (Å²) in [6.45, 7) is 2.33. The molecule has 20 heavy (non-hydrogen) atoms. The van der Waals surface area contributed by atoms with Crippen molar-refractivity contribution >= 4 is 28.9 Å². The summed E-state index contributed by atoms with van der Waals surface area (Å²) >= 11 is 12.1. The van der Waals surface area contributed by atoms with Crippen LogP contribution in [-0.2, 0) is 0 Å². The fraction of sp³-hybridized carbons (Fsp3) is 0.200. The highest BCUT2D eigenvalue weighted by molar-refractivity contribution is 6.35. The Morgan fingerprint density at radius 1 is 1.05 bits per heavy atom. The van der Waals surface area contributed by atoms with E-state index >= 15 is 0 Å². The summed E-state index contributed by atoms with van der Waals surface area (Å²) in [5.74, 6) is 1.55. The lowest BCUT2D eigenvalue weighted by Crippen LogP contribution is -2.06. The molecule has 1 N–H and O–H groups in total. The molecule has 0 amide bonds. The molecule has 0 saturated heterocycles. The molecule has 1 unspecified atom stereocenters. The fourth-order valence-electron chi connectivity index (χ4n) is 2.11. The maximum absolute atomic E-state index is 6.16. The molecule has 1 aliphatic heterocycles. The number of hydrogen-bond acceptors (Lipinski definition) is 3. The zero-order chi connectivity index (χ0) is 14.1. The molecule has 0 bridgehead atoms. The van der Waals surface area contributed by atoms with Gasteiger partial charge in [0.25, 0.3) is 0 Å². The van der Waals surface area contributed by atoms with E-state index in [0.29, 0.717) is 10.0 Å². The maximum Gasteiger partial charge on any atom is 0.231 e. The van der Waals surface area contributed by atoms with Gasteiger partial charge in [-0.25, -0.2) is 0 Å². The van der Waals surface area contributed by atoms with E-state index in [9.17, 15) is 0 Å². The highest BCUT2D eigenvalue weighted by Crippen LogP contribution is 2.35. The minimum Gasteiger partial charge on any atom is -0.454 e. The summed E-state index contributed by atoms with van der Waals surface area (Å²) in [5, 5.41) is 4.63. The molecule has 3 nitrogen and oxygen atoms in total. The molecule has 0 aliphatic carbocycles. The van der Waals surface area contributed by atoms with E-state index in [1.165, 1.54) is 0 Å². The summed E-state index contributed by atoms with van der Waals surface area (Å²) in [7, 11) is 0. The van der Waals surface area contributed by atoms with Crippen molar-refractivity contribution in [3.63, 3.8) is 0 Å². The second-order valence-electron chi connectivity index (χ2n) is 4.60. The molecule has 3 rings (SSSR count). The Morgan fingerprint density at radius 3 is 2.70 bits per heavy atom. The third kappa shape index (κ3) is 2.65. The van der Waals surface area contributed by atoms with Crippen LogP contribution in [0.25, 0.3) is 0 Å². The van der Waals surface area contributed by atoms with Gasteiger partial charge in [-0.3, -0.25) is 0 Å². The number of benzene rings is 2. The van der Waals surface area contributed by atoms with Crippen LogP contribution in [0.2, 0.25) is 10.0 Å². The number of ether oxygens (including phenoxy) is 2. The first-order valence-electron chi connectivity index (χ1n) is 6.24. The van der Waals surface area contributed by atoms with Crippen molar-refractivity contribution in [2.24, 2.45) is 0 Å². The molecule has 0 fully saturated rings. The largest absolute Gasteiger partial charge is 0.454 e. The highest BCUT2D eigenvalue weighted by Gasteiger charge is 2.16. The molecular formula is C15H13Cl2NO2. The minimum absolute atomic E-state index is 0.0699. The van der Waals surface area contributed by atoms with Crippen LogP contribution in [0.15, 0.2) is 36.4 Å². The van der Waals surface area contributed by atoms with Gasteiger partial charge in [0.15, 0.2) is 11.5 Å². The monoisotopic (exact) mass is 309 g/mol. The first-order chi connectivity index (χ1) is 9.63. The SMILES string of the molecule is CC(Nc1cc(Cl)ccc1Cl)c1ccc2c(c1)OCO2. The Labute approximate surface area is 127 Å². The van der Waals surface area contributed by atoms with Gasteiger partial charge >= 0.3 is 0 Å². The Balaban J connectivity index is 1.82. The van der Waals surface area contributed by atoms with Crippen molar-refractivity contribution in [1.29, 1.82) is 0 Å². The predicted molar refractivity (Wildman–Crippen MR) is 81.1 cm³/mol. The predicted octanol–water partition coefficient (Wildman–Crippen LogP) is 4.90. The van der Waals surface area contributed by atoms with Gasteiger partial charge in [-0.05, 0) is 42.8 Å². The van der Waals surface area contributed by atoms with Crippen molar-refractivity contribution < 1.29 is 9.47 Å². The van der Waals surface area contributed by atoms with Crippen LogP contribution < -0.4 is 14.8 Å².